The number of hydrogen-bond donors (Lipinski definition) is 1. The first kappa shape index (κ1) is 11.4. The summed E-state index contributed by atoms with van der Waals surface area (Å²) < 4.78 is 2.42. The van der Waals surface area contributed by atoms with Crippen LogP contribution in [0.15, 0.2) is 45.6 Å². The molecule has 0 saturated heterocycles. The predicted molar refractivity (Wildman–Crippen MR) is 79.9 cm³/mol. The quantitative estimate of drug-likeness (QED) is 0.722. The molecule has 0 aliphatic heterocycles. The lowest BCUT2D eigenvalue weighted by molar-refractivity contribution is 0.908. The topological polar surface area (TPSA) is 26.0 Å². The highest BCUT2D eigenvalue weighted by molar-refractivity contribution is 9.10. The number of hydrogen-bond acceptors (Lipinski definition) is 3. The lowest BCUT2D eigenvalue weighted by Crippen LogP contribution is -2.09. The van der Waals surface area contributed by atoms with Gasteiger partial charge in [-0.15, -0.1) is 22.7 Å². The summed E-state index contributed by atoms with van der Waals surface area (Å²) in [5, 5.41) is 5.49. The van der Waals surface area contributed by atoms with Crippen molar-refractivity contribution < 1.29 is 0 Å². The van der Waals surface area contributed by atoms with Crippen molar-refractivity contribution in [2.24, 2.45) is 5.73 Å². The predicted octanol–water partition coefficient (Wildman–Crippen LogP) is 4.77. The van der Waals surface area contributed by atoms with Crippen LogP contribution < -0.4 is 5.73 Å². The second kappa shape index (κ2) is 4.53. The second-order valence-electron chi connectivity index (χ2n) is 3.80. The molecule has 0 saturated carbocycles. The van der Waals surface area contributed by atoms with Crippen LogP contribution in [0.3, 0.4) is 0 Å². The number of nitrogens with two attached hydrogens (primary N) is 1. The lowest BCUT2D eigenvalue weighted by atomic mass is 10.1. The molecule has 0 aliphatic rings. The normalized spacial score (nSPS) is 13.1. The monoisotopic (exact) mass is 323 g/mol. The standard InChI is InChI=1S/C13H10BrNS2/c14-10-4-1-3-8-9(7-17-13(8)10)12(15)11-5-2-6-16-11/h1-7,12H,15H2. The third-order valence-corrected chi connectivity index (χ3v) is 5.69. The Morgan fingerprint density at radius 1 is 1.12 bits per heavy atom. The number of halogens is 1. The highest BCUT2D eigenvalue weighted by Crippen LogP contribution is 2.37. The maximum absolute atomic E-state index is 6.32. The van der Waals surface area contributed by atoms with Crippen LogP contribution in [0.25, 0.3) is 10.1 Å². The summed E-state index contributed by atoms with van der Waals surface area (Å²) in [6.45, 7) is 0. The third kappa shape index (κ3) is 1.95. The molecule has 86 valence electrons. The van der Waals surface area contributed by atoms with Crippen molar-refractivity contribution in [2.45, 2.75) is 6.04 Å². The van der Waals surface area contributed by atoms with Gasteiger partial charge in [0.2, 0.25) is 0 Å². The Balaban J connectivity index is 2.15. The molecule has 1 aromatic carbocycles. The third-order valence-electron chi connectivity index (χ3n) is 2.77. The van der Waals surface area contributed by atoms with E-state index in [1.54, 1.807) is 22.7 Å². The van der Waals surface area contributed by atoms with Gasteiger partial charge < -0.3 is 5.73 Å². The van der Waals surface area contributed by atoms with E-state index in [-0.39, 0.29) is 6.04 Å². The van der Waals surface area contributed by atoms with E-state index in [1.807, 2.05) is 6.07 Å². The summed E-state index contributed by atoms with van der Waals surface area (Å²) in [5.41, 5.74) is 7.54. The molecule has 0 amide bonds. The van der Waals surface area contributed by atoms with Crippen molar-refractivity contribution in [1.29, 1.82) is 0 Å². The highest BCUT2D eigenvalue weighted by Gasteiger charge is 2.15. The average Bonchev–Trinajstić information content (AvgIpc) is 2.98. The van der Waals surface area contributed by atoms with Gasteiger partial charge in [-0.3, -0.25) is 0 Å². The highest BCUT2D eigenvalue weighted by atomic mass is 79.9. The van der Waals surface area contributed by atoms with Gasteiger partial charge in [-0.25, -0.2) is 0 Å². The summed E-state index contributed by atoms with van der Waals surface area (Å²) >= 11 is 7.03. The molecule has 4 heteroatoms. The molecule has 3 rings (SSSR count). The first-order valence-electron chi connectivity index (χ1n) is 5.22. The summed E-state index contributed by atoms with van der Waals surface area (Å²) in [4.78, 5) is 1.21. The molecular formula is C13H10BrNS2. The van der Waals surface area contributed by atoms with Gasteiger partial charge in [0.1, 0.15) is 0 Å². The number of benzene rings is 1. The molecule has 0 bridgehead atoms. The zero-order chi connectivity index (χ0) is 11.8. The van der Waals surface area contributed by atoms with Crippen molar-refractivity contribution in [2.75, 3.05) is 0 Å². The van der Waals surface area contributed by atoms with Gasteiger partial charge in [0.25, 0.3) is 0 Å². The van der Waals surface area contributed by atoms with Gasteiger partial charge in [0, 0.05) is 14.0 Å². The Labute approximate surface area is 116 Å². The van der Waals surface area contributed by atoms with Crippen LogP contribution in [0.1, 0.15) is 16.5 Å². The smallest absolute Gasteiger partial charge is 0.0660 e. The minimum atomic E-state index is -0.0157. The van der Waals surface area contributed by atoms with Crippen LogP contribution >= 0.6 is 38.6 Å². The van der Waals surface area contributed by atoms with Gasteiger partial charge in [-0.1, -0.05) is 18.2 Å². The average molecular weight is 324 g/mol. The first-order chi connectivity index (χ1) is 8.27. The maximum Gasteiger partial charge on any atom is 0.0660 e. The zero-order valence-corrected chi connectivity index (χ0v) is 12.1. The maximum atomic E-state index is 6.32. The number of rotatable bonds is 2. The Bertz CT molecular complexity index is 643. The molecular weight excluding hydrogens is 314 g/mol. The van der Waals surface area contributed by atoms with Crippen molar-refractivity contribution in [3.05, 3.63) is 56.0 Å². The fourth-order valence-corrected chi connectivity index (χ4v) is 4.31. The Morgan fingerprint density at radius 2 is 2.00 bits per heavy atom. The fraction of sp³-hybridized carbons (Fsp3) is 0.0769. The Hall–Kier alpha value is -0.680. The minimum Gasteiger partial charge on any atom is -0.320 e. The van der Waals surface area contributed by atoms with Crippen molar-refractivity contribution in [3.8, 4) is 0 Å². The number of fused-ring (bicyclic) bond motifs is 1. The van der Waals surface area contributed by atoms with Gasteiger partial charge >= 0.3 is 0 Å². The van der Waals surface area contributed by atoms with Crippen LogP contribution in [0.4, 0.5) is 0 Å². The Kier molecular flexibility index (Phi) is 3.04. The molecule has 2 N–H and O–H groups in total. The van der Waals surface area contributed by atoms with E-state index in [4.69, 9.17) is 5.73 Å². The number of thiophene rings is 2. The molecule has 2 aromatic heterocycles. The zero-order valence-electron chi connectivity index (χ0n) is 8.89. The minimum absolute atomic E-state index is 0.0157. The molecule has 1 nitrogen and oxygen atoms in total. The van der Waals surface area contributed by atoms with Crippen LogP contribution in [-0.2, 0) is 0 Å². The van der Waals surface area contributed by atoms with Crippen molar-refractivity contribution >= 4 is 48.7 Å². The van der Waals surface area contributed by atoms with E-state index in [0.717, 1.165) is 4.47 Å². The van der Waals surface area contributed by atoms with Crippen molar-refractivity contribution in [1.82, 2.24) is 0 Å². The molecule has 0 spiro atoms. The molecule has 1 atom stereocenters. The van der Waals surface area contributed by atoms with Gasteiger partial charge in [-0.05, 0) is 49.8 Å². The lowest BCUT2D eigenvalue weighted by Gasteiger charge is -2.08. The molecule has 2 heterocycles. The summed E-state index contributed by atoms with van der Waals surface area (Å²) in [6, 6.07) is 10.4. The molecule has 0 fully saturated rings. The molecule has 1 unspecified atom stereocenters. The fourth-order valence-electron chi connectivity index (χ4n) is 1.90. The SMILES string of the molecule is NC(c1cccs1)c1csc2c(Br)cccc12. The van der Waals surface area contributed by atoms with E-state index < -0.39 is 0 Å². The summed E-state index contributed by atoms with van der Waals surface area (Å²) in [5.74, 6) is 0. The van der Waals surface area contributed by atoms with Crippen LogP contribution in [0.5, 0.6) is 0 Å². The van der Waals surface area contributed by atoms with Crippen LogP contribution in [0.2, 0.25) is 0 Å². The summed E-state index contributed by atoms with van der Waals surface area (Å²) in [6.07, 6.45) is 0. The summed E-state index contributed by atoms with van der Waals surface area (Å²) in [7, 11) is 0. The molecule has 0 aliphatic carbocycles. The molecule has 3 aromatic rings. The van der Waals surface area contributed by atoms with E-state index in [1.165, 1.54) is 20.5 Å². The van der Waals surface area contributed by atoms with Gasteiger partial charge in [-0.2, -0.15) is 0 Å². The van der Waals surface area contributed by atoms with Crippen LogP contribution in [-0.4, -0.2) is 0 Å². The first-order valence-corrected chi connectivity index (χ1v) is 7.77. The van der Waals surface area contributed by atoms with E-state index in [9.17, 15) is 0 Å². The van der Waals surface area contributed by atoms with E-state index in [2.05, 4.69) is 51.0 Å². The van der Waals surface area contributed by atoms with Crippen molar-refractivity contribution in [3.63, 3.8) is 0 Å². The van der Waals surface area contributed by atoms with E-state index >= 15 is 0 Å². The largest absolute Gasteiger partial charge is 0.320 e. The van der Waals surface area contributed by atoms with Gasteiger partial charge in [0.15, 0.2) is 0 Å². The molecule has 0 radical (unpaired) electrons. The Morgan fingerprint density at radius 3 is 2.76 bits per heavy atom. The van der Waals surface area contributed by atoms with Crippen LogP contribution in [0, 0.1) is 0 Å². The second-order valence-corrected chi connectivity index (χ2v) is 6.51. The van der Waals surface area contributed by atoms with E-state index in [0.29, 0.717) is 0 Å². The van der Waals surface area contributed by atoms with Gasteiger partial charge in [0.05, 0.1) is 6.04 Å². The molecule has 17 heavy (non-hydrogen) atoms.